The molecule has 8 nitrogen and oxygen atoms in total. The van der Waals surface area contributed by atoms with E-state index in [1.54, 1.807) is 24.6 Å². The number of pyridine rings is 1. The summed E-state index contributed by atoms with van der Waals surface area (Å²) < 4.78 is 0. The van der Waals surface area contributed by atoms with Gasteiger partial charge in [0.25, 0.3) is 0 Å². The number of nitrogens with one attached hydrogen (secondary N) is 2. The van der Waals surface area contributed by atoms with Crippen LogP contribution in [-0.4, -0.2) is 42.0 Å². The zero-order valence-electron chi connectivity index (χ0n) is 17.2. The molecular formula is C20H29N7OS. The number of hydrogen-bond donors (Lipinski definition) is 3. The number of rotatable bonds is 6. The Hall–Kier alpha value is -2.68. The summed E-state index contributed by atoms with van der Waals surface area (Å²) >= 11 is 1.70. The largest absolute Gasteiger partial charge is 0.369 e. The van der Waals surface area contributed by atoms with E-state index in [4.69, 9.17) is 5.73 Å². The SMILES string of the molecule is CN=C(NCc1nc(C)c(C)s1)NCc1cccnc1N1CCC(C(N)=O)CC1. The zero-order valence-corrected chi connectivity index (χ0v) is 18.1. The number of aromatic nitrogens is 2. The van der Waals surface area contributed by atoms with Crippen LogP contribution in [0.15, 0.2) is 23.3 Å². The number of carbonyl (C=O) groups excluding carboxylic acids is 1. The molecule has 3 heterocycles. The van der Waals surface area contributed by atoms with Crippen molar-refractivity contribution in [2.75, 3.05) is 25.0 Å². The summed E-state index contributed by atoms with van der Waals surface area (Å²) in [5, 5.41) is 7.72. The lowest BCUT2D eigenvalue weighted by Gasteiger charge is -2.32. The van der Waals surface area contributed by atoms with Crippen molar-refractivity contribution >= 4 is 29.0 Å². The van der Waals surface area contributed by atoms with E-state index in [-0.39, 0.29) is 11.8 Å². The smallest absolute Gasteiger partial charge is 0.220 e. The topological polar surface area (TPSA) is 109 Å². The van der Waals surface area contributed by atoms with Gasteiger partial charge in [0.15, 0.2) is 5.96 Å². The van der Waals surface area contributed by atoms with E-state index in [1.807, 2.05) is 13.0 Å². The second-order valence-electron chi connectivity index (χ2n) is 7.18. The highest BCUT2D eigenvalue weighted by Crippen LogP contribution is 2.24. The van der Waals surface area contributed by atoms with E-state index in [0.717, 1.165) is 54.0 Å². The highest BCUT2D eigenvalue weighted by molar-refractivity contribution is 7.11. The number of guanidine groups is 1. The first kappa shape index (κ1) is 21.0. The molecule has 1 saturated heterocycles. The van der Waals surface area contributed by atoms with Crippen LogP contribution in [0.1, 0.15) is 34.0 Å². The zero-order chi connectivity index (χ0) is 20.8. The Bertz CT molecular complexity index is 852. The molecule has 0 aliphatic carbocycles. The fourth-order valence-corrected chi connectivity index (χ4v) is 4.28. The van der Waals surface area contributed by atoms with Gasteiger partial charge in [-0.15, -0.1) is 11.3 Å². The Balaban J connectivity index is 1.58. The van der Waals surface area contributed by atoms with Crippen molar-refractivity contribution in [2.45, 2.75) is 39.8 Å². The normalized spacial score (nSPS) is 15.4. The standard InChI is InChI=1S/C20H29N7OS/c1-13-14(2)29-17(26-13)12-25-20(22-3)24-11-16-5-4-8-23-19(16)27-9-6-15(7-10-27)18(21)28/h4-5,8,15H,6-7,9-12H2,1-3H3,(H2,21,28)(H2,22,24,25). The van der Waals surface area contributed by atoms with Crippen molar-refractivity contribution in [3.8, 4) is 0 Å². The number of aliphatic imine (C=N–C) groups is 1. The molecule has 0 aromatic carbocycles. The first-order chi connectivity index (χ1) is 14.0. The van der Waals surface area contributed by atoms with Gasteiger partial charge in [-0.1, -0.05) is 6.07 Å². The molecule has 0 atom stereocenters. The minimum Gasteiger partial charge on any atom is -0.369 e. The van der Waals surface area contributed by atoms with Crippen molar-refractivity contribution in [2.24, 2.45) is 16.6 Å². The first-order valence-electron chi connectivity index (χ1n) is 9.83. The molecule has 4 N–H and O–H groups in total. The van der Waals surface area contributed by atoms with Crippen LogP contribution in [0.4, 0.5) is 5.82 Å². The van der Waals surface area contributed by atoms with Crippen molar-refractivity contribution < 1.29 is 4.79 Å². The highest BCUT2D eigenvalue weighted by atomic mass is 32.1. The third-order valence-electron chi connectivity index (χ3n) is 5.21. The number of nitrogens with two attached hydrogens (primary N) is 1. The fourth-order valence-electron chi connectivity index (χ4n) is 3.40. The molecule has 29 heavy (non-hydrogen) atoms. The third-order valence-corrected chi connectivity index (χ3v) is 6.29. The van der Waals surface area contributed by atoms with Crippen LogP contribution in [0.25, 0.3) is 0 Å². The van der Waals surface area contributed by atoms with Crippen LogP contribution in [-0.2, 0) is 17.9 Å². The molecule has 0 unspecified atom stereocenters. The summed E-state index contributed by atoms with van der Waals surface area (Å²) in [5.41, 5.74) is 7.62. The van der Waals surface area contributed by atoms with Gasteiger partial charge in [-0.05, 0) is 32.8 Å². The molecule has 156 valence electrons. The van der Waals surface area contributed by atoms with Gasteiger partial charge in [0.2, 0.25) is 5.91 Å². The summed E-state index contributed by atoms with van der Waals surface area (Å²) in [6.45, 7) is 6.92. The molecule has 0 saturated carbocycles. The van der Waals surface area contributed by atoms with Gasteiger partial charge in [-0.2, -0.15) is 0 Å². The third kappa shape index (κ3) is 5.44. The summed E-state index contributed by atoms with van der Waals surface area (Å²) in [6.07, 6.45) is 3.35. The predicted octanol–water partition coefficient (Wildman–Crippen LogP) is 1.72. The maximum Gasteiger partial charge on any atom is 0.220 e. The van der Waals surface area contributed by atoms with Crippen LogP contribution < -0.4 is 21.3 Å². The van der Waals surface area contributed by atoms with Gasteiger partial charge in [0.05, 0.1) is 12.2 Å². The van der Waals surface area contributed by atoms with E-state index in [1.165, 1.54) is 4.88 Å². The van der Waals surface area contributed by atoms with Crippen LogP contribution >= 0.6 is 11.3 Å². The lowest BCUT2D eigenvalue weighted by atomic mass is 9.96. The van der Waals surface area contributed by atoms with Gasteiger partial charge < -0.3 is 21.3 Å². The molecule has 0 spiro atoms. The number of aryl methyl sites for hydroxylation is 2. The van der Waals surface area contributed by atoms with Crippen LogP contribution in [0.5, 0.6) is 0 Å². The Labute approximate surface area is 175 Å². The summed E-state index contributed by atoms with van der Waals surface area (Å²) in [4.78, 5) is 28.3. The molecule has 1 amide bonds. The van der Waals surface area contributed by atoms with Gasteiger partial charge in [0, 0.05) is 49.2 Å². The summed E-state index contributed by atoms with van der Waals surface area (Å²) in [5.74, 6) is 1.44. The van der Waals surface area contributed by atoms with E-state index < -0.39 is 0 Å². The lowest BCUT2D eigenvalue weighted by Crippen LogP contribution is -2.40. The summed E-state index contributed by atoms with van der Waals surface area (Å²) in [6, 6.07) is 4.00. The van der Waals surface area contributed by atoms with Gasteiger partial charge in [0.1, 0.15) is 10.8 Å². The molecule has 1 aliphatic heterocycles. The molecule has 3 rings (SSSR count). The Morgan fingerprint density at radius 3 is 2.66 bits per heavy atom. The van der Waals surface area contributed by atoms with E-state index in [9.17, 15) is 4.79 Å². The van der Waals surface area contributed by atoms with E-state index >= 15 is 0 Å². The van der Waals surface area contributed by atoms with Crippen LogP contribution in [0.2, 0.25) is 0 Å². The van der Waals surface area contributed by atoms with Crippen molar-refractivity contribution in [3.05, 3.63) is 39.5 Å². The number of amides is 1. The second-order valence-corrected chi connectivity index (χ2v) is 8.47. The molecule has 9 heteroatoms. The van der Waals surface area contributed by atoms with Crippen LogP contribution in [0.3, 0.4) is 0 Å². The Morgan fingerprint density at radius 2 is 2.03 bits per heavy atom. The minimum atomic E-state index is -0.201. The maximum absolute atomic E-state index is 11.4. The average molecular weight is 416 g/mol. The lowest BCUT2D eigenvalue weighted by molar-refractivity contribution is -0.122. The fraction of sp³-hybridized carbons (Fsp3) is 0.500. The van der Waals surface area contributed by atoms with Crippen molar-refractivity contribution in [3.63, 3.8) is 0 Å². The minimum absolute atomic E-state index is 0.0299. The molecule has 2 aromatic heterocycles. The second kappa shape index (κ2) is 9.69. The van der Waals surface area contributed by atoms with Crippen molar-refractivity contribution in [1.29, 1.82) is 0 Å². The van der Waals surface area contributed by atoms with Gasteiger partial charge >= 0.3 is 0 Å². The molecule has 0 bridgehead atoms. The maximum atomic E-state index is 11.4. The number of thiazole rings is 1. The monoisotopic (exact) mass is 415 g/mol. The summed E-state index contributed by atoms with van der Waals surface area (Å²) in [7, 11) is 1.76. The van der Waals surface area contributed by atoms with Crippen LogP contribution in [0, 0.1) is 19.8 Å². The average Bonchev–Trinajstić information content (AvgIpc) is 3.06. The predicted molar refractivity (Wildman–Crippen MR) is 117 cm³/mol. The molecule has 1 aliphatic rings. The molecule has 1 fully saturated rings. The number of nitrogens with zero attached hydrogens (tertiary/aromatic N) is 4. The van der Waals surface area contributed by atoms with Gasteiger partial charge in [-0.3, -0.25) is 9.79 Å². The number of carbonyl (C=O) groups is 1. The Kier molecular flexibility index (Phi) is 7.03. The molecule has 0 radical (unpaired) electrons. The van der Waals surface area contributed by atoms with E-state index in [0.29, 0.717) is 13.1 Å². The van der Waals surface area contributed by atoms with Gasteiger partial charge in [-0.25, -0.2) is 9.97 Å². The molecule has 2 aromatic rings. The quantitative estimate of drug-likeness (QED) is 0.490. The Morgan fingerprint density at radius 1 is 1.31 bits per heavy atom. The van der Waals surface area contributed by atoms with Crippen molar-refractivity contribution in [1.82, 2.24) is 20.6 Å². The molecular weight excluding hydrogens is 386 g/mol. The first-order valence-corrected chi connectivity index (χ1v) is 10.6. The number of hydrogen-bond acceptors (Lipinski definition) is 6. The number of anilines is 1. The number of primary amides is 1. The van der Waals surface area contributed by atoms with E-state index in [2.05, 4.69) is 43.5 Å². The number of piperidine rings is 1. The highest BCUT2D eigenvalue weighted by Gasteiger charge is 2.24.